The summed E-state index contributed by atoms with van der Waals surface area (Å²) in [4.78, 5) is 0. The summed E-state index contributed by atoms with van der Waals surface area (Å²) in [5.74, 6) is 2.42. The third kappa shape index (κ3) is 6.13. The van der Waals surface area contributed by atoms with E-state index in [4.69, 9.17) is 26.2 Å². The van der Waals surface area contributed by atoms with Crippen LogP contribution < -0.4 is 9.47 Å². The zero-order valence-electron chi connectivity index (χ0n) is 16.2. The Morgan fingerprint density at radius 1 is 0.889 bits per heavy atom. The van der Waals surface area contributed by atoms with Gasteiger partial charge in [0.25, 0.3) is 0 Å². The van der Waals surface area contributed by atoms with Gasteiger partial charge < -0.3 is 19.7 Å². The monoisotopic (exact) mass is 392 g/mol. The maximum atomic E-state index is 9.36. The lowest BCUT2D eigenvalue weighted by molar-refractivity contribution is 0.0536. The van der Waals surface area contributed by atoms with Crippen molar-refractivity contribution in [2.75, 3.05) is 25.7 Å². The van der Waals surface area contributed by atoms with Gasteiger partial charge in [-0.2, -0.15) is 0 Å². The molecule has 0 heterocycles. The molecule has 148 valence electrons. The Morgan fingerprint density at radius 3 is 1.74 bits per heavy atom. The molecule has 4 nitrogen and oxygen atoms in total. The second-order valence-electron chi connectivity index (χ2n) is 7.39. The maximum Gasteiger partial charge on any atom is 0.119 e. The number of halogens is 1. The average Bonchev–Trinajstić information content (AvgIpc) is 2.70. The van der Waals surface area contributed by atoms with Crippen LogP contribution in [0.5, 0.6) is 11.5 Å². The molecule has 0 aliphatic carbocycles. The van der Waals surface area contributed by atoms with Gasteiger partial charge in [0, 0.05) is 17.2 Å². The van der Waals surface area contributed by atoms with E-state index in [0.717, 1.165) is 11.3 Å². The van der Waals surface area contributed by atoms with Crippen molar-refractivity contribution in [3.05, 3.63) is 59.7 Å². The van der Waals surface area contributed by atoms with Gasteiger partial charge in [-0.3, -0.25) is 0 Å². The highest BCUT2D eigenvalue weighted by atomic mass is 35.5. The summed E-state index contributed by atoms with van der Waals surface area (Å²) in [5, 5.41) is 18.2. The molecule has 0 unspecified atom stereocenters. The molecule has 0 radical (unpaired) electrons. The molecule has 0 spiro atoms. The summed E-state index contributed by atoms with van der Waals surface area (Å²) in [6, 6.07) is 16.0. The van der Waals surface area contributed by atoms with Crippen molar-refractivity contribution < 1.29 is 19.7 Å². The van der Waals surface area contributed by atoms with Crippen molar-refractivity contribution in [1.29, 1.82) is 0 Å². The zero-order chi connectivity index (χ0) is 19.9. The smallest absolute Gasteiger partial charge is 0.119 e. The standard InChI is InChI=1S/C22H29ClO4/c1-16(12-23)14-26-20-8-4-17(5-9-20)22(2,3)18-6-10-21(11-7-18)27-15-19(25)13-24/h4-11,16,19,24-25H,12-15H2,1-3H3/t16-,19+/m0/s1. The molecule has 5 heteroatoms. The summed E-state index contributed by atoms with van der Waals surface area (Å²) in [6.45, 7) is 6.77. The summed E-state index contributed by atoms with van der Waals surface area (Å²) in [5.41, 5.74) is 2.16. The van der Waals surface area contributed by atoms with Crippen LogP contribution in [0, 0.1) is 5.92 Å². The Kier molecular flexibility index (Phi) is 7.96. The molecule has 2 aromatic carbocycles. The van der Waals surface area contributed by atoms with Crippen molar-refractivity contribution in [2.45, 2.75) is 32.3 Å². The summed E-state index contributed by atoms with van der Waals surface area (Å²) < 4.78 is 11.2. The van der Waals surface area contributed by atoms with E-state index in [1.807, 2.05) is 36.4 Å². The van der Waals surface area contributed by atoms with Gasteiger partial charge in [-0.1, -0.05) is 45.0 Å². The Balaban J connectivity index is 2.04. The topological polar surface area (TPSA) is 58.9 Å². The van der Waals surface area contributed by atoms with E-state index in [2.05, 4.69) is 32.9 Å². The van der Waals surface area contributed by atoms with Gasteiger partial charge in [0.2, 0.25) is 0 Å². The first-order valence-electron chi connectivity index (χ1n) is 9.18. The minimum atomic E-state index is -0.866. The van der Waals surface area contributed by atoms with Gasteiger partial charge in [-0.05, 0) is 35.4 Å². The van der Waals surface area contributed by atoms with Crippen molar-refractivity contribution >= 4 is 11.6 Å². The number of aliphatic hydroxyl groups excluding tert-OH is 2. The third-order valence-corrected chi connectivity index (χ3v) is 5.13. The Bertz CT molecular complexity index is 623. The van der Waals surface area contributed by atoms with E-state index >= 15 is 0 Å². The highest BCUT2D eigenvalue weighted by Crippen LogP contribution is 2.33. The number of hydrogen-bond acceptors (Lipinski definition) is 4. The molecule has 0 saturated heterocycles. The summed E-state index contributed by atoms with van der Waals surface area (Å²) in [6.07, 6.45) is -0.866. The molecule has 0 fully saturated rings. The average molecular weight is 393 g/mol. The lowest BCUT2D eigenvalue weighted by Crippen LogP contribution is -2.21. The minimum absolute atomic E-state index is 0.0725. The normalized spacial score (nSPS) is 13.9. The molecule has 0 amide bonds. The fraction of sp³-hybridized carbons (Fsp3) is 0.455. The maximum absolute atomic E-state index is 9.36. The van der Waals surface area contributed by atoms with Gasteiger partial charge in [-0.15, -0.1) is 11.6 Å². The van der Waals surface area contributed by atoms with Crippen LogP contribution in [0.2, 0.25) is 0 Å². The van der Waals surface area contributed by atoms with E-state index in [0.29, 0.717) is 24.2 Å². The molecule has 0 aromatic heterocycles. The second kappa shape index (κ2) is 9.98. The van der Waals surface area contributed by atoms with Crippen molar-refractivity contribution in [3.8, 4) is 11.5 Å². The molecule has 2 rings (SSSR count). The van der Waals surface area contributed by atoms with Crippen LogP contribution in [0.25, 0.3) is 0 Å². The summed E-state index contributed by atoms with van der Waals surface area (Å²) in [7, 11) is 0. The van der Waals surface area contributed by atoms with Crippen LogP contribution in [0.15, 0.2) is 48.5 Å². The van der Waals surface area contributed by atoms with Crippen molar-refractivity contribution in [1.82, 2.24) is 0 Å². The molecule has 0 aliphatic rings. The molecular weight excluding hydrogens is 364 g/mol. The first kappa shape index (κ1) is 21.5. The van der Waals surface area contributed by atoms with Gasteiger partial charge in [0.1, 0.15) is 24.2 Å². The number of ether oxygens (including phenoxy) is 2. The van der Waals surface area contributed by atoms with E-state index in [9.17, 15) is 5.11 Å². The molecule has 0 aliphatic heterocycles. The number of aliphatic hydroxyl groups is 2. The number of benzene rings is 2. The zero-order valence-corrected chi connectivity index (χ0v) is 16.9. The molecule has 0 saturated carbocycles. The molecular formula is C22H29ClO4. The third-order valence-electron chi connectivity index (χ3n) is 4.60. The molecule has 2 aromatic rings. The number of alkyl halides is 1. The van der Waals surface area contributed by atoms with E-state index < -0.39 is 6.10 Å². The molecule has 0 bridgehead atoms. The first-order chi connectivity index (χ1) is 12.9. The van der Waals surface area contributed by atoms with Crippen LogP contribution in [-0.4, -0.2) is 42.0 Å². The molecule has 27 heavy (non-hydrogen) atoms. The number of rotatable bonds is 10. The van der Waals surface area contributed by atoms with Crippen molar-refractivity contribution in [2.24, 2.45) is 5.92 Å². The summed E-state index contributed by atoms with van der Waals surface area (Å²) >= 11 is 5.81. The van der Waals surface area contributed by atoms with Crippen LogP contribution in [0.1, 0.15) is 31.9 Å². The highest BCUT2D eigenvalue weighted by Gasteiger charge is 2.23. The van der Waals surface area contributed by atoms with Gasteiger partial charge >= 0.3 is 0 Å². The van der Waals surface area contributed by atoms with E-state index in [1.54, 1.807) is 0 Å². The largest absolute Gasteiger partial charge is 0.493 e. The lowest BCUT2D eigenvalue weighted by Gasteiger charge is -2.26. The Morgan fingerprint density at radius 2 is 1.33 bits per heavy atom. The van der Waals surface area contributed by atoms with Crippen LogP contribution in [-0.2, 0) is 5.41 Å². The van der Waals surface area contributed by atoms with Gasteiger partial charge in [0.05, 0.1) is 13.2 Å². The van der Waals surface area contributed by atoms with Gasteiger partial charge in [0.15, 0.2) is 0 Å². The van der Waals surface area contributed by atoms with Crippen molar-refractivity contribution in [3.63, 3.8) is 0 Å². The molecule has 2 atom stereocenters. The minimum Gasteiger partial charge on any atom is -0.493 e. The Hall–Kier alpha value is -1.75. The Labute approximate surface area is 166 Å². The quantitative estimate of drug-likeness (QED) is 0.600. The SMILES string of the molecule is C[C@@H](CCl)COc1ccc(C(C)(C)c2ccc(OC[C@H](O)CO)cc2)cc1. The fourth-order valence-corrected chi connectivity index (χ4v) is 2.72. The first-order valence-corrected chi connectivity index (χ1v) is 9.71. The lowest BCUT2D eigenvalue weighted by atomic mass is 9.78. The van der Waals surface area contributed by atoms with E-state index in [-0.39, 0.29) is 18.6 Å². The predicted octanol–water partition coefficient (Wildman–Crippen LogP) is 4.00. The fourth-order valence-electron chi connectivity index (χ4n) is 2.63. The van der Waals surface area contributed by atoms with Crippen LogP contribution in [0.4, 0.5) is 0 Å². The number of hydrogen-bond donors (Lipinski definition) is 2. The van der Waals surface area contributed by atoms with Crippen LogP contribution in [0.3, 0.4) is 0 Å². The van der Waals surface area contributed by atoms with Gasteiger partial charge in [-0.25, -0.2) is 0 Å². The van der Waals surface area contributed by atoms with Crippen LogP contribution >= 0.6 is 11.6 Å². The molecule has 2 N–H and O–H groups in total. The second-order valence-corrected chi connectivity index (χ2v) is 7.70. The predicted molar refractivity (Wildman–Crippen MR) is 109 cm³/mol. The van der Waals surface area contributed by atoms with E-state index in [1.165, 1.54) is 5.56 Å². The highest BCUT2D eigenvalue weighted by molar-refractivity contribution is 6.18.